The molecular weight excluding hydrogens is 248 g/mol. The highest BCUT2D eigenvalue weighted by Crippen LogP contribution is 2.44. The molecule has 2 atom stereocenters. The van der Waals surface area contributed by atoms with Crippen molar-refractivity contribution in [3.05, 3.63) is 24.2 Å². The lowest BCUT2D eigenvalue weighted by Crippen LogP contribution is -2.43. The smallest absolute Gasteiger partial charge is 0.160 e. The minimum Gasteiger partial charge on any atom is -0.319 e. The Hall–Kier alpha value is -1.42. The van der Waals surface area contributed by atoms with Gasteiger partial charge in [0.15, 0.2) is 5.65 Å². The maximum Gasteiger partial charge on any atom is 0.160 e. The number of hydrogen-bond acceptors (Lipinski definition) is 3. The zero-order valence-electron chi connectivity index (χ0n) is 12.0. The molecule has 0 amide bonds. The summed E-state index contributed by atoms with van der Waals surface area (Å²) in [5, 5.41) is 0. The Labute approximate surface area is 119 Å². The van der Waals surface area contributed by atoms with Gasteiger partial charge in [-0.15, -0.1) is 0 Å². The average Bonchev–Trinajstić information content (AvgIpc) is 3.18. The van der Waals surface area contributed by atoms with Gasteiger partial charge in [-0.1, -0.05) is 19.8 Å². The van der Waals surface area contributed by atoms with Crippen LogP contribution in [0.25, 0.3) is 11.2 Å². The number of nitrogens with zero attached hydrogens (tertiary/aromatic N) is 3. The molecule has 2 heterocycles. The molecule has 0 saturated heterocycles. The van der Waals surface area contributed by atoms with Gasteiger partial charge >= 0.3 is 0 Å². The van der Waals surface area contributed by atoms with Crippen molar-refractivity contribution < 1.29 is 0 Å². The lowest BCUT2D eigenvalue weighted by atomic mass is 9.76. The van der Waals surface area contributed by atoms with Crippen molar-refractivity contribution in [2.24, 2.45) is 11.7 Å². The summed E-state index contributed by atoms with van der Waals surface area (Å²) in [4.78, 5) is 9.43. The van der Waals surface area contributed by atoms with E-state index >= 15 is 0 Å². The fraction of sp³-hybridized carbons (Fsp3) is 0.625. The van der Waals surface area contributed by atoms with Gasteiger partial charge in [0.1, 0.15) is 11.3 Å². The zero-order chi connectivity index (χ0) is 13.7. The third-order valence-corrected chi connectivity index (χ3v) is 4.84. The molecule has 0 aromatic carbocycles. The van der Waals surface area contributed by atoms with Crippen LogP contribution in [0.2, 0.25) is 0 Å². The molecule has 4 nitrogen and oxygen atoms in total. The largest absolute Gasteiger partial charge is 0.319 e. The van der Waals surface area contributed by atoms with E-state index in [0.29, 0.717) is 12.0 Å². The van der Waals surface area contributed by atoms with Crippen LogP contribution in [0, 0.1) is 5.92 Å². The van der Waals surface area contributed by atoms with E-state index in [1.165, 1.54) is 25.7 Å². The standard InChI is InChI=1S/C16H22N4/c1-11-4-2-8-16(17,10-11)15-19-13-5-3-9-18-14(13)20(15)12-6-7-12/h3,5,9,11-12H,2,4,6-8,10,17H2,1H3. The Kier molecular flexibility index (Phi) is 2.64. The SMILES string of the molecule is CC1CCCC(N)(c2nc3cccnc3n2C2CC2)C1. The van der Waals surface area contributed by atoms with Crippen LogP contribution in [0.5, 0.6) is 0 Å². The second kappa shape index (κ2) is 4.29. The van der Waals surface area contributed by atoms with Crippen molar-refractivity contribution in [3.63, 3.8) is 0 Å². The van der Waals surface area contributed by atoms with E-state index in [9.17, 15) is 0 Å². The molecule has 2 N–H and O–H groups in total. The first kappa shape index (κ1) is 12.3. The Balaban J connectivity index is 1.88. The summed E-state index contributed by atoms with van der Waals surface area (Å²) in [5.41, 5.74) is 8.55. The third-order valence-electron chi connectivity index (χ3n) is 4.84. The molecule has 0 aliphatic heterocycles. The van der Waals surface area contributed by atoms with E-state index in [0.717, 1.165) is 29.8 Å². The van der Waals surface area contributed by atoms with Gasteiger partial charge in [0.25, 0.3) is 0 Å². The quantitative estimate of drug-likeness (QED) is 0.912. The summed E-state index contributed by atoms with van der Waals surface area (Å²) in [6, 6.07) is 4.59. The molecule has 2 aliphatic rings. The predicted molar refractivity (Wildman–Crippen MR) is 79.3 cm³/mol. The number of hydrogen-bond donors (Lipinski definition) is 1. The minimum absolute atomic E-state index is 0.263. The second-order valence-electron chi connectivity index (χ2n) is 6.74. The van der Waals surface area contributed by atoms with Crippen LogP contribution in [0.15, 0.2) is 18.3 Å². The predicted octanol–water partition coefficient (Wildman–Crippen LogP) is 3.13. The molecule has 0 radical (unpaired) electrons. The first-order valence-corrected chi connectivity index (χ1v) is 7.80. The van der Waals surface area contributed by atoms with Gasteiger partial charge in [-0.2, -0.15) is 0 Å². The zero-order valence-corrected chi connectivity index (χ0v) is 12.0. The van der Waals surface area contributed by atoms with Crippen molar-refractivity contribution in [2.75, 3.05) is 0 Å². The number of imidazole rings is 1. The van der Waals surface area contributed by atoms with Crippen molar-refractivity contribution >= 4 is 11.2 Å². The van der Waals surface area contributed by atoms with Gasteiger partial charge in [-0.25, -0.2) is 9.97 Å². The molecule has 20 heavy (non-hydrogen) atoms. The lowest BCUT2D eigenvalue weighted by molar-refractivity contribution is 0.223. The van der Waals surface area contributed by atoms with E-state index < -0.39 is 0 Å². The first-order chi connectivity index (χ1) is 9.67. The summed E-state index contributed by atoms with van der Waals surface area (Å²) in [6.07, 6.45) is 8.93. The minimum atomic E-state index is -0.263. The number of fused-ring (bicyclic) bond motifs is 1. The monoisotopic (exact) mass is 270 g/mol. The molecule has 2 aromatic heterocycles. The van der Waals surface area contributed by atoms with Crippen LogP contribution in [0.3, 0.4) is 0 Å². The number of pyridine rings is 1. The van der Waals surface area contributed by atoms with Gasteiger partial charge < -0.3 is 10.3 Å². The Bertz CT molecular complexity index is 643. The lowest BCUT2D eigenvalue weighted by Gasteiger charge is -2.36. The van der Waals surface area contributed by atoms with Gasteiger partial charge in [0.2, 0.25) is 0 Å². The van der Waals surface area contributed by atoms with E-state index in [2.05, 4.69) is 22.5 Å². The fourth-order valence-electron chi connectivity index (χ4n) is 3.75. The van der Waals surface area contributed by atoms with Crippen molar-refractivity contribution in [2.45, 2.75) is 57.0 Å². The molecule has 0 bridgehead atoms. The third kappa shape index (κ3) is 1.85. The van der Waals surface area contributed by atoms with Crippen LogP contribution in [-0.2, 0) is 5.54 Å². The average molecular weight is 270 g/mol. The van der Waals surface area contributed by atoms with Gasteiger partial charge in [-0.05, 0) is 43.7 Å². The van der Waals surface area contributed by atoms with E-state index in [-0.39, 0.29) is 5.54 Å². The van der Waals surface area contributed by atoms with Crippen LogP contribution in [-0.4, -0.2) is 14.5 Å². The topological polar surface area (TPSA) is 56.7 Å². The summed E-state index contributed by atoms with van der Waals surface area (Å²) < 4.78 is 2.34. The highest BCUT2D eigenvalue weighted by Gasteiger charge is 2.40. The number of aromatic nitrogens is 3. The summed E-state index contributed by atoms with van der Waals surface area (Å²) in [7, 11) is 0. The van der Waals surface area contributed by atoms with Crippen molar-refractivity contribution in [1.29, 1.82) is 0 Å². The maximum atomic E-state index is 6.79. The van der Waals surface area contributed by atoms with Gasteiger partial charge in [0.05, 0.1) is 5.54 Å². The molecule has 4 heteroatoms. The van der Waals surface area contributed by atoms with Crippen LogP contribution < -0.4 is 5.73 Å². The maximum absolute atomic E-state index is 6.79. The molecule has 2 fully saturated rings. The fourth-order valence-corrected chi connectivity index (χ4v) is 3.75. The van der Waals surface area contributed by atoms with Crippen molar-refractivity contribution in [1.82, 2.24) is 14.5 Å². The van der Waals surface area contributed by atoms with Crippen LogP contribution >= 0.6 is 0 Å². The normalized spacial score (nSPS) is 30.8. The van der Waals surface area contributed by atoms with E-state index in [1.807, 2.05) is 12.3 Å². The molecule has 0 spiro atoms. The molecule has 2 aromatic rings. The molecule has 2 saturated carbocycles. The molecule has 2 aliphatic carbocycles. The van der Waals surface area contributed by atoms with E-state index in [1.54, 1.807) is 0 Å². The van der Waals surface area contributed by atoms with Gasteiger partial charge in [-0.3, -0.25) is 0 Å². The van der Waals surface area contributed by atoms with Gasteiger partial charge in [0, 0.05) is 12.2 Å². The Morgan fingerprint density at radius 1 is 1.35 bits per heavy atom. The van der Waals surface area contributed by atoms with E-state index in [4.69, 9.17) is 10.7 Å². The van der Waals surface area contributed by atoms with Crippen LogP contribution in [0.1, 0.15) is 57.3 Å². The molecular formula is C16H22N4. The number of rotatable bonds is 2. The molecule has 2 unspecified atom stereocenters. The Morgan fingerprint density at radius 3 is 2.95 bits per heavy atom. The number of nitrogens with two attached hydrogens (primary N) is 1. The summed E-state index contributed by atoms with van der Waals surface area (Å²) in [6.45, 7) is 2.31. The Morgan fingerprint density at radius 2 is 2.20 bits per heavy atom. The van der Waals surface area contributed by atoms with Crippen LogP contribution in [0.4, 0.5) is 0 Å². The summed E-state index contributed by atoms with van der Waals surface area (Å²) in [5.74, 6) is 1.77. The highest BCUT2D eigenvalue weighted by molar-refractivity contribution is 5.72. The molecule has 106 valence electrons. The van der Waals surface area contributed by atoms with Crippen molar-refractivity contribution in [3.8, 4) is 0 Å². The summed E-state index contributed by atoms with van der Waals surface area (Å²) >= 11 is 0. The second-order valence-corrected chi connectivity index (χ2v) is 6.74. The molecule has 4 rings (SSSR count). The highest BCUT2D eigenvalue weighted by atomic mass is 15.2. The first-order valence-electron chi connectivity index (χ1n) is 7.80.